The van der Waals surface area contributed by atoms with Crippen molar-refractivity contribution in [3.63, 3.8) is 0 Å². The molecule has 4 nitrogen and oxygen atoms in total. The molecule has 1 aromatic rings. The molecule has 1 aromatic heterocycles. The van der Waals surface area contributed by atoms with Gasteiger partial charge in [-0.15, -0.1) is 0 Å². The van der Waals surface area contributed by atoms with E-state index in [4.69, 9.17) is 4.74 Å². The van der Waals surface area contributed by atoms with E-state index in [1.54, 1.807) is 0 Å². The van der Waals surface area contributed by atoms with Gasteiger partial charge in [0.2, 0.25) is 0 Å². The third kappa shape index (κ3) is 5.19. The molecule has 18 heavy (non-hydrogen) atoms. The molecule has 1 atom stereocenters. The second-order valence-electron chi connectivity index (χ2n) is 4.57. The Hall–Kier alpha value is -0.870. The molecule has 0 spiro atoms. The molecule has 0 aliphatic rings. The van der Waals surface area contributed by atoms with Crippen molar-refractivity contribution < 1.29 is 4.74 Å². The van der Waals surface area contributed by atoms with Gasteiger partial charge in [-0.2, -0.15) is 0 Å². The summed E-state index contributed by atoms with van der Waals surface area (Å²) >= 11 is 0. The van der Waals surface area contributed by atoms with Crippen LogP contribution >= 0.6 is 0 Å². The van der Waals surface area contributed by atoms with E-state index in [-0.39, 0.29) is 0 Å². The topological polar surface area (TPSA) is 39.1 Å². The summed E-state index contributed by atoms with van der Waals surface area (Å²) < 4.78 is 7.89. The van der Waals surface area contributed by atoms with Gasteiger partial charge in [0.05, 0.1) is 6.61 Å². The van der Waals surface area contributed by atoms with E-state index in [2.05, 4.69) is 41.8 Å². The highest BCUT2D eigenvalue weighted by Crippen LogP contribution is 2.04. The van der Waals surface area contributed by atoms with Crippen LogP contribution in [0, 0.1) is 0 Å². The number of hydrogen-bond donors (Lipinski definition) is 1. The molecular formula is C14H27N3O. The number of aryl methyl sites for hydroxylation is 1. The maximum atomic E-state index is 5.65. The van der Waals surface area contributed by atoms with Gasteiger partial charge in [0.15, 0.2) is 0 Å². The van der Waals surface area contributed by atoms with Gasteiger partial charge < -0.3 is 14.6 Å². The molecular weight excluding hydrogens is 226 g/mol. The normalized spacial score (nSPS) is 12.8. The summed E-state index contributed by atoms with van der Waals surface area (Å²) in [7, 11) is 0. The van der Waals surface area contributed by atoms with Crippen LogP contribution in [-0.4, -0.2) is 35.4 Å². The Kier molecular flexibility index (Phi) is 7.69. The lowest BCUT2D eigenvalue weighted by Gasteiger charge is -2.18. The zero-order valence-electron chi connectivity index (χ0n) is 12.0. The molecule has 0 aromatic carbocycles. The zero-order chi connectivity index (χ0) is 13.2. The Labute approximate surface area is 111 Å². The molecule has 1 rings (SSSR count). The van der Waals surface area contributed by atoms with Crippen LogP contribution in [0.5, 0.6) is 0 Å². The van der Waals surface area contributed by atoms with E-state index in [1.165, 1.54) is 0 Å². The fourth-order valence-electron chi connectivity index (χ4n) is 2.04. The van der Waals surface area contributed by atoms with Gasteiger partial charge in [-0.05, 0) is 19.4 Å². The molecule has 1 heterocycles. The van der Waals surface area contributed by atoms with Gasteiger partial charge in [0, 0.05) is 38.0 Å². The smallest absolute Gasteiger partial charge is 0.110 e. The highest BCUT2D eigenvalue weighted by molar-refractivity contribution is 4.95. The monoisotopic (exact) mass is 253 g/mol. The van der Waals surface area contributed by atoms with Crippen LogP contribution in [0.15, 0.2) is 12.4 Å². The predicted molar refractivity (Wildman–Crippen MR) is 74.8 cm³/mol. The first-order valence-electron chi connectivity index (χ1n) is 7.12. The van der Waals surface area contributed by atoms with Crippen LogP contribution in [0.3, 0.4) is 0 Å². The Morgan fingerprint density at radius 3 is 2.83 bits per heavy atom. The lowest BCUT2D eigenvalue weighted by molar-refractivity contribution is 0.111. The number of nitrogens with one attached hydrogen (secondary N) is 1. The molecule has 1 unspecified atom stereocenters. The SMILES string of the molecule is CCCOCC(Cc1nccn1CCC)NCC. The molecule has 104 valence electrons. The fourth-order valence-corrected chi connectivity index (χ4v) is 2.04. The van der Waals surface area contributed by atoms with Gasteiger partial charge in [0.25, 0.3) is 0 Å². The standard InChI is InChI=1S/C14H27N3O/c1-4-8-17-9-7-16-14(17)11-13(15-6-3)12-18-10-5-2/h7,9,13,15H,4-6,8,10-12H2,1-3H3. The van der Waals surface area contributed by atoms with Crippen LogP contribution in [0.25, 0.3) is 0 Å². The summed E-state index contributed by atoms with van der Waals surface area (Å²) in [4.78, 5) is 4.45. The number of aromatic nitrogens is 2. The van der Waals surface area contributed by atoms with Gasteiger partial charge in [-0.3, -0.25) is 0 Å². The Bertz CT molecular complexity index is 312. The van der Waals surface area contributed by atoms with Gasteiger partial charge in [-0.25, -0.2) is 4.98 Å². The van der Waals surface area contributed by atoms with E-state index in [1.807, 2.05) is 6.20 Å². The molecule has 0 aliphatic heterocycles. The largest absolute Gasteiger partial charge is 0.380 e. The Morgan fingerprint density at radius 2 is 2.17 bits per heavy atom. The molecule has 0 aliphatic carbocycles. The van der Waals surface area contributed by atoms with Gasteiger partial charge in [0.1, 0.15) is 5.82 Å². The first kappa shape index (κ1) is 15.2. The van der Waals surface area contributed by atoms with Crippen molar-refractivity contribution in [2.75, 3.05) is 19.8 Å². The van der Waals surface area contributed by atoms with E-state index < -0.39 is 0 Å². The van der Waals surface area contributed by atoms with Crippen molar-refractivity contribution in [2.45, 2.75) is 52.6 Å². The first-order valence-corrected chi connectivity index (χ1v) is 7.12. The van der Waals surface area contributed by atoms with Gasteiger partial charge in [-0.1, -0.05) is 20.8 Å². The molecule has 0 saturated heterocycles. The minimum atomic E-state index is 0.361. The molecule has 0 amide bonds. The Morgan fingerprint density at radius 1 is 1.33 bits per heavy atom. The molecule has 4 heteroatoms. The number of likely N-dealkylation sites (N-methyl/N-ethyl adjacent to an activating group) is 1. The van der Waals surface area contributed by atoms with E-state index in [9.17, 15) is 0 Å². The van der Waals surface area contributed by atoms with Gasteiger partial charge >= 0.3 is 0 Å². The van der Waals surface area contributed by atoms with E-state index in [0.29, 0.717) is 6.04 Å². The number of rotatable bonds is 10. The minimum Gasteiger partial charge on any atom is -0.380 e. The van der Waals surface area contributed by atoms with Crippen molar-refractivity contribution in [2.24, 2.45) is 0 Å². The summed E-state index contributed by atoms with van der Waals surface area (Å²) in [5.41, 5.74) is 0. The zero-order valence-corrected chi connectivity index (χ0v) is 12.0. The van der Waals surface area contributed by atoms with Crippen LogP contribution in [-0.2, 0) is 17.7 Å². The number of imidazole rings is 1. The van der Waals surface area contributed by atoms with Crippen molar-refractivity contribution in [3.05, 3.63) is 18.2 Å². The highest BCUT2D eigenvalue weighted by atomic mass is 16.5. The summed E-state index contributed by atoms with van der Waals surface area (Å²) in [6.45, 7) is 10.1. The lowest BCUT2D eigenvalue weighted by atomic mass is 10.2. The second-order valence-corrected chi connectivity index (χ2v) is 4.57. The first-order chi connectivity index (χ1) is 8.81. The van der Waals surface area contributed by atoms with Crippen LogP contribution in [0.1, 0.15) is 39.4 Å². The van der Waals surface area contributed by atoms with Crippen molar-refractivity contribution in [1.29, 1.82) is 0 Å². The minimum absolute atomic E-state index is 0.361. The maximum absolute atomic E-state index is 5.65. The molecule has 0 fully saturated rings. The predicted octanol–water partition coefficient (Wildman–Crippen LogP) is 2.24. The van der Waals surface area contributed by atoms with E-state index >= 15 is 0 Å². The van der Waals surface area contributed by atoms with Crippen molar-refractivity contribution in [3.8, 4) is 0 Å². The number of nitrogens with zero attached hydrogens (tertiary/aromatic N) is 2. The quantitative estimate of drug-likeness (QED) is 0.650. The highest BCUT2D eigenvalue weighted by Gasteiger charge is 2.12. The summed E-state index contributed by atoms with van der Waals surface area (Å²) in [5, 5.41) is 3.47. The fraction of sp³-hybridized carbons (Fsp3) is 0.786. The average Bonchev–Trinajstić information content (AvgIpc) is 2.78. The van der Waals surface area contributed by atoms with Crippen LogP contribution < -0.4 is 5.32 Å². The van der Waals surface area contributed by atoms with Crippen LogP contribution in [0.2, 0.25) is 0 Å². The number of hydrogen-bond acceptors (Lipinski definition) is 3. The molecule has 1 N–H and O–H groups in total. The van der Waals surface area contributed by atoms with Crippen molar-refractivity contribution in [1.82, 2.24) is 14.9 Å². The summed E-state index contributed by atoms with van der Waals surface area (Å²) in [6, 6.07) is 0.361. The number of ether oxygens (including phenoxy) is 1. The second kappa shape index (κ2) is 9.11. The van der Waals surface area contributed by atoms with E-state index in [0.717, 1.165) is 51.4 Å². The van der Waals surface area contributed by atoms with Crippen LogP contribution in [0.4, 0.5) is 0 Å². The Balaban J connectivity index is 2.50. The third-order valence-electron chi connectivity index (χ3n) is 2.86. The summed E-state index contributed by atoms with van der Waals surface area (Å²) in [6.07, 6.45) is 7.10. The molecule has 0 bridgehead atoms. The van der Waals surface area contributed by atoms with Crippen molar-refractivity contribution >= 4 is 0 Å². The molecule has 0 saturated carbocycles. The average molecular weight is 253 g/mol. The summed E-state index contributed by atoms with van der Waals surface area (Å²) in [5.74, 6) is 1.16. The molecule has 0 radical (unpaired) electrons. The third-order valence-corrected chi connectivity index (χ3v) is 2.86. The maximum Gasteiger partial charge on any atom is 0.110 e. The lowest BCUT2D eigenvalue weighted by Crippen LogP contribution is -2.36.